The van der Waals surface area contributed by atoms with Crippen LogP contribution in [0.5, 0.6) is 0 Å². The fraction of sp³-hybridized carbons (Fsp3) is 0.444. The molecule has 0 saturated heterocycles. The lowest BCUT2D eigenvalue weighted by molar-refractivity contribution is -0.121. The van der Waals surface area contributed by atoms with Crippen molar-refractivity contribution in [1.29, 1.82) is 0 Å². The Morgan fingerprint density at radius 3 is 2.78 bits per heavy atom. The highest BCUT2D eigenvalue weighted by atomic mass is 19.1. The molecule has 144 valence electrons. The third kappa shape index (κ3) is 4.87. The zero-order chi connectivity index (χ0) is 19.2. The number of halogens is 2. The first kappa shape index (κ1) is 18.9. The van der Waals surface area contributed by atoms with Crippen LogP contribution in [0.1, 0.15) is 47.7 Å². The minimum Gasteiger partial charge on any atom is -0.351 e. The summed E-state index contributed by atoms with van der Waals surface area (Å²) < 4.78 is 28.4. The van der Waals surface area contributed by atoms with Crippen molar-refractivity contribution in [3.63, 3.8) is 0 Å². The molecule has 1 aliphatic rings. The Hall–Kier alpha value is -2.84. The molecule has 1 aromatic carbocycles. The molecule has 0 saturated carbocycles. The second kappa shape index (κ2) is 8.70. The molecule has 1 aliphatic heterocycles. The molecule has 2 N–H and O–H groups in total. The van der Waals surface area contributed by atoms with Crippen LogP contribution in [0.25, 0.3) is 0 Å². The van der Waals surface area contributed by atoms with Gasteiger partial charge >= 0.3 is 0 Å². The maximum absolute atomic E-state index is 13.5. The lowest BCUT2D eigenvalue weighted by atomic mass is 10.2. The molecule has 27 heavy (non-hydrogen) atoms. The first-order chi connectivity index (χ1) is 13.0. The summed E-state index contributed by atoms with van der Waals surface area (Å²) in [5.74, 6) is -0.980. The monoisotopic (exact) mass is 377 g/mol. The van der Waals surface area contributed by atoms with Gasteiger partial charge in [0.1, 0.15) is 17.5 Å². The molecule has 0 aliphatic carbocycles. The lowest BCUT2D eigenvalue weighted by Gasteiger charge is -2.09. The van der Waals surface area contributed by atoms with E-state index in [4.69, 9.17) is 0 Å². The van der Waals surface area contributed by atoms with E-state index in [1.54, 1.807) is 0 Å². The van der Waals surface area contributed by atoms with Gasteiger partial charge in [0.25, 0.3) is 5.91 Å². The normalized spacial score (nSPS) is 13.6. The quantitative estimate of drug-likeness (QED) is 0.802. The third-order valence-corrected chi connectivity index (χ3v) is 4.44. The molecular formula is C18H21F2N5O2. The second-order valence-electron chi connectivity index (χ2n) is 6.40. The van der Waals surface area contributed by atoms with Crippen molar-refractivity contribution in [2.75, 3.05) is 6.54 Å². The van der Waals surface area contributed by atoms with E-state index in [-0.39, 0.29) is 31.0 Å². The fourth-order valence-corrected chi connectivity index (χ4v) is 3.00. The molecule has 2 heterocycles. The maximum Gasteiger partial charge on any atom is 0.254 e. The van der Waals surface area contributed by atoms with Crippen molar-refractivity contribution >= 4 is 11.8 Å². The van der Waals surface area contributed by atoms with Crippen molar-refractivity contribution in [1.82, 2.24) is 25.4 Å². The number of carbonyl (C=O) groups excluding carboxylic acids is 2. The van der Waals surface area contributed by atoms with Crippen molar-refractivity contribution in [3.05, 3.63) is 47.0 Å². The van der Waals surface area contributed by atoms with Gasteiger partial charge in [0, 0.05) is 32.0 Å². The number of aromatic nitrogens is 3. The average Bonchev–Trinajstić information content (AvgIpc) is 2.86. The summed E-state index contributed by atoms with van der Waals surface area (Å²) in [7, 11) is 0. The maximum atomic E-state index is 13.5. The van der Waals surface area contributed by atoms with E-state index < -0.39 is 17.5 Å². The van der Waals surface area contributed by atoms with Gasteiger partial charge in [0.15, 0.2) is 5.82 Å². The fourth-order valence-electron chi connectivity index (χ4n) is 3.00. The molecule has 0 atom stereocenters. The number of rotatable bonds is 6. The van der Waals surface area contributed by atoms with E-state index >= 15 is 0 Å². The molecule has 1 aromatic heterocycles. The summed E-state index contributed by atoms with van der Waals surface area (Å²) in [5, 5.41) is 13.5. The van der Waals surface area contributed by atoms with E-state index in [1.165, 1.54) is 0 Å². The molecule has 9 heteroatoms. The molecule has 7 nitrogen and oxygen atoms in total. The second-order valence-corrected chi connectivity index (χ2v) is 6.40. The molecule has 0 fully saturated rings. The Bertz CT molecular complexity index is 837. The van der Waals surface area contributed by atoms with Gasteiger partial charge in [-0.25, -0.2) is 8.78 Å². The van der Waals surface area contributed by atoms with Gasteiger partial charge in [-0.15, -0.1) is 10.2 Å². The van der Waals surface area contributed by atoms with Crippen LogP contribution in [0.15, 0.2) is 18.2 Å². The summed E-state index contributed by atoms with van der Waals surface area (Å²) in [6, 6.07) is 2.71. The first-order valence-electron chi connectivity index (χ1n) is 8.95. The van der Waals surface area contributed by atoms with Crippen LogP contribution in [-0.4, -0.2) is 33.1 Å². The lowest BCUT2D eigenvalue weighted by Crippen LogP contribution is -2.31. The van der Waals surface area contributed by atoms with E-state index in [1.807, 2.05) is 4.57 Å². The predicted molar refractivity (Wildman–Crippen MR) is 92.7 cm³/mol. The highest BCUT2D eigenvalue weighted by Gasteiger charge is 2.16. The van der Waals surface area contributed by atoms with Crippen molar-refractivity contribution in [2.24, 2.45) is 0 Å². The summed E-state index contributed by atoms with van der Waals surface area (Å²) in [6.07, 6.45) is 4.25. The summed E-state index contributed by atoms with van der Waals surface area (Å²) in [4.78, 5) is 23.8. The minimum absolute atomic E-state index is 0.0373. The first-order valence-corrected chi connectivity index (χ1v) is 8.95. The number of fused-ring (bicyclic) bond motifs is 1. The molecule has 2 aromatic rings. The molecule has 0 radical (unpaired) electrons. The molecular weight excluding hydrogens is 356 g/mol. The van der Waals surface area contributed by atoms with Crippen LogP contribution in [0.4, 0.5) is 8.78 Å². The Kier molecular flexibility index (Phi) is 6.10. The van der Waals surface area contributed by atoms with Gasteiger partial charge in [0.2, 0.25) is 5.91 Å². The number of hydrogen-bond donors (Lipinski definition) is 2. The largest absolute Gasteiger partial charge is 0.351 e. The van der Waals surface area contributed by atoms with Crippen molar-refractivity contribution in [3.8, 4) is 0 Å². The SMILES string of the molecule is O=C(CCNC(=O)c1ccc(F)cc1F)NCc1nnc2n1CCCCC2. The Labute approximate surface area is 155 Å². The van der Waals surface area contributed by atoms with Crippen LogP contribution in [0, 0.1) is 11.6 Å². The van der Waals surface area contributed by atoms with Crippen LogP contribution >= 0.6 is 0 Å². The molecule has 0 spiro atoms. The number of benzene rings is 1. The van der Waals surface area contributed by atoms with Gasteiger partial charge in [-0.1, -0.05) is 6.42 Å². The Morgan fingerprint density at radius 2 is 1.96 bits per heavy atom. The standard InChI is InChI=1S/C18H21F2N5O2/c19-12-5-6-13(14(20)10-12)18(27)21-8-7-17(26)22-11-16-24-23-15-4-2-1-3-9-25(15)16/h5-6,10H,1-4,7-9,11H2,(H,21,27)(H,22,26). The molecule has 2 amide bonds. The number of hydrogen-bond acceptors (Lipinski definition) is 4. The van der Waals surface area contributed by atoms with Gasteiger partial charge in [0.05, 0.1) is 12.1 Å². The highest BCUT2D eigenvalue weighted by Crippen LogP contribution is 2.14. The zero-order valence-electron chi connectivity index (χ0n) is 14.8. The highest BCUT2D eigenvalue weighted by molar-refractivity contribution is 5.94. The summed E-state index contributed by atoms with van der Waals surface area (Å²) in [6.45, 7) is 1.17. The molecule has 0 bridgehead atoms. The van der Waals surface area contributed by atoms with Crippen molar-refractivity contribution < 1.29 is 18.4 Å². The van der Waals surface area contributed by atoms with Gasteiger partial charge in [-0.2, -0.15) is 0 Å². The van der Waals surface area contributed by atoms with Gasteiger partial charge < -0.3 is 15.2 Å². The number of aryl methyl sites for hydroxylation is 1. The smallest absolute Gasteiger partial charge is 0.254 e. The Balaban J connectivity index is 1.44. The van der Waals surface area contributed by atoms with Crippen LogP contribution in [-0.2, 0) is 24.3 Å². The van der Waals surface area contributed by atoms with E-state index in [0.29, 0.717) is 6.07 Å². The average molecular weight is 377 g/mol. The number of amides is 2. The van der Waals surface area contributed by atoms with E-state index in [9.17, 15) is 18.4 Å². The van der Waals surface area contributed by atoms with Crippen molar-refractivity contribution in [2.45, 2.75) is 45.2 Å². The van der Waals surface area contributed by atoms with Gasteiger partial charge in [-0.05, 0) is 25.0 Å². The summed E-state index contributed by atoms with van der Waals surface area (Å²) in [5.41, 5.74) is -0.261. The van der Waals surface area contributed by atoms with E-state index in [0.717, 1.165) is 56.0 Å². The van der Waals surface area contributed by atoms with E-state index in [2.05, 4.69) is 20.8 Å². The number of nitrogens with zero attached hydrogens (tertiary/aromatic N) is 3. The number of carbonyl (C=O) groups is 2. The predicted octanol–water partition coefficient (Wildman–Crippen LogP) is 1.72. The van der Waals surface area contributed by atoms with Crippen LogP contribution in [0.3, 0.4) is 0 Å². The Morgan fingerprint density at radius 1 is 1.11 bits per heavy atom. The molecule has 3 rings (SSSR count). The number of nitrogens with one attached hydrogen (secondary N) is 2. The van der Waals surface area contributed by atoms with Crippen LogP contribution < -0.4 is 10.6 Å². The van der Waals surface area contributed by atoms with Gasteiger partial charge in [-0.3, -0.25) is 9.59 Å². The minimum atomic E-state index is -0.940. The molecule has 0 unspecified atom stereocenters. The topological polar surface area (TPSA) is 88.9 Å². The van der Waals surface area contributed by atoms with Crippen LogP contribution in [0.2, 0.25) is 0 Å². The zero-order valence-corrected chi connectivity index (χ0v) is 14.8. The third-order valence-electron chi connectivity index (χ3n) is 4.44. The summed E-state index contributed by atoms with van der Waals surface area (Å²) >= 11 is 0.